The highest BCUT2D eigenvalue weighted by molar-refractivity contribution is 5.98. The lowest BCUT2D eigenvalue weighted by atomic mass is 9.98. The Kier molecular flexibility index (Phi) is 7.80. The minimum absolute atomic E-state index is 0.163. The summed E-state index contributed by atoms with van der Waals surface area (Å²) in [7, 11) is 1.69. The number of aliphatic hydroxyl groups excluding tert-OH is 1. The molecule has 190 valence electrons. The van der Waals surface area contributed by atoms with Crippen molar-refractivity contribution in [3.8, 4) is 23.1 Å². The first kappa shape index (κ1) is 25.8. The molecule has 2 amide bonds. The molecule has 37 heavy (non-hydrogen) atoms. The molecule has 3 atom stereocenters. The number of likely N-dealkylation sites (N-methyl/N-ethyl adjacent to an activating group) is 1. The summed E-state index contributed by atoms with van der Waals surface area (Å²) in [4.78, 5) is 38.4. The number of carbonyl (C=O) groups is 2. The van der Waals surface area contributed by atoms with E-state index in [0.29, 0.717) is 23.4 Å². The molecule has 2 aromatic heterocycles. The molecule has 0 radical (unpaired) electrons. The number of nitrogens with zero attached hydrogens (tertiary/aromatic N) is 5. The summed E-state index contributed by atoms with van der Waals surface area (Å²) in [5.41, 5.74) is 2.50. The van der Waals surface area contributed by atoms with Gasteiger partial charge in [-0.2, -0.15) is 5.26 Å². The van der Waals surface area contributed by atoms with Gasteiger partial charge in [-0.15, -0.1) is 0 Å². The van der Waals surface area contributed by atoms with Crippen LogP contribution in [0.3, 0.4) is 0 Å². The van der Waals surface area contributed by atoms with E-state index in [9.17, 15) is 20.0 Å². The zero-order chi connectivity index (χ0) is 26.5. The first-order valence-corrected chi connectivity index (χ1v) is 12.1. The van der Waals surface area contributed by atoms with E-state index in [1.165, 1.54) is 0 Å². The monoisotopic (exact) mass is 499 g/mol. The van der Waals surface area contributed by atoms with Crippen LogP contribution in [0.4, 0.5) is 0 Å². The summed E-state index contributed by atoms with van der Waals surface area (Å²) in [6.45, 7) is 4.10. The lowest BCUT2D eigenvalue weighted by Gasteiger charge is -2.37. The molecule has 4 rings (SSSR count). The molecule has 0 spiro atoms. The van der Waals surface area contributed by atoms with E-state index < -0.39 is 12.1 Å². The number of fused-ring (bicyclic) bond motifs is 1. The smallest absolute Gasteiger partial charge is 0.272 e. The van der Waals surface area contributed by atoms with Gasteiger partial charge in [-0.05, 0) is 42.8 Å². The van der Waals surface area contributed by atoms with Crippen molar-refractivity contribution in [2.45, 2.75) is 26.0 Å². The van der Waals surface area contributed by atoms with Crippen LogP contribution in [0.5, 0.6) is 5.88 Å². The quantitative estimate of drug-likeness (QED) is 0.554. The summed E-state index contributed by atoms with van der Waals surface area (Å²) >= 11 is 0. The van der Waals surface area contributed by atoms with Gasteiger partial charge in [0.25, 0.3) is 11.8 Å². The van der Waals surface area contributed by atoms with Gasteiger partial charge < -0.3 is 19.6 Å². The number of hydrogen-bond acceptors (Lipinski definition) is 7. The second kappa shape index (κ2) is 11.2. The highest BCUT2D eigenvalue weighted by atomic mass is 16.5. The molecule has 9 heteroatoms. The van der Waals surface area contributed by atoms with Gasteiger partial charge in [0.05, 0.1) is 30.8 Å². The molecule has 0 aliphatic carbocycles. The molecular formula is C28H29N5O4. The maximum absolute atomic E-state index is 13.6. The molecule has 0 saturated carbocycles. The maximum atomic E-state index is 13.6. The number of rotatable bonds is 6. The van der Waals surface area contributed by atoms with Crippen LogP contribution in [0, 0.1) is 17.2 Å². The summed E-state index contributed by atoms with van der Waals surface area (Å²) in [6, 6.07) is 15.6. The maximum Gasteiger partial charge on any atom is 0.272 e. The minimum atomic E-state index is -0.474. The summed E-state index contributed by atoms with van der Waals surface area (Å²) in [5.74, 6) is -0.545. The van der Waals surface area contributed by atoms with Crippen molar-refractivity contribution in [3.05, 3.63) is 77.7 Å². The number of hydrogen-bond donors (Lipinski definition) is 1. The Balaban J connectivity index is 1.70. The van der Waals surface area contributed by atoms with E-state index in [-0.39, 0.29) is 42.3 Å². The van der Waals surface area contributed by atoms with Crippen LogP contribution >= 0.6 is 0 Å². The van der Waals surface area contributed by atoms with Crippen molar-refractivity contribution in [2.24, 2.45) is 5.92 Å². The highest BCUT2D eigenvalue weighted by Gasteiger charge is 2.35. The Hall–Kier alpha value is -4.29. The standard InChI is InChI=1S/C28H29N5O4/c1-18-15-33(19(2)17-34)27(35)23-12-22(21-8-6-7-20(11-21)13-29)14-31-26(23)37-25(18)16-32(3)28(36)24-9-4-5-10-30-24/h4-12,14,18-19,25,34H,15-17H2,1-3H3/t18-,19-,25-/m0/s1. The van der Waals surface area contributed by atoms with E-state index >= 15 is 0 Å². The van der Waals surface area contributed by atoms with E-state index in [1.807, 2.05) is 13.0 Å². The molecule has 0 bridgehead atoms. The summed E-state index contributed by atoms with van der Waals surface area (Å²) in [6.07, 6.45) is 2.70. The van der Waals surface area contributed by atoms with Crippen LogP contribution in [0.1, 0.15) is 40.3 Å². The van der Waals surface area contributed by atoms with Crippen molar-refractivity contribution in [2.75, 3.05) is 26.7 Å². The second-order valence-corrected chi connectivity index (χ2v) is 9.29. The second-order valence-electron chi connectivity index (χ2n) is 9.29. The van der Waals surface area contributed by atoms with Crippen molar-refractivity contribution in [3.63, 3.8) is 0 Å². The van der Waals surface area contributed by atoms with Gasteiger partial charge in [0, 0.05) is 37.5 Å². The average Bonchev–Trinajstić information content (AvgIpc) is 2.94. The largest absolute Gasteiger partial charge is 0.472 e. The third-order valence-corrected chi connectivity index (χ3v) is 6.53. The minimum Gasteiger partial charge on any atom is -0.472 e. The van der Waals surface area contributed by atoms with Gasteiger partial charge in [0.15, 0.2) is 0 Å². The lowest BCUT2D eigenvalue weighted by Crippen LogP contribution is -2.50. The molecule has 1 aromatic carbocycles. The Morgan fingerprint density at radius 1 is 1.24 bits per heavy atom. The SMILES string of the molecule is C[C@H]1CN([C@@H](C)CO)C(=O)c2cc(-c3cccc(C#N)c3)cnc2O[C@H]1CN(C)C(=O)c1ccccn1. The zero-order valence-electron chi connectivity index (χ0n) is 21.0. The molecule has 0 fully saturated rings. The zero-order valence-corrected chi connectivity index (χ0v) is 21.0. The van der Waals surface area contributed by atoms with Crippen LogP contribution < -0.4 is 4.74 Å². The number of aliphatic hydroxyl groups is 1. The number of benzene rings is 1. The normalized spacial score (nSPS) is 18.0. The molecule has 0 unspecified atom stereocenters. The molecule has 3 heterocycles. The number of nitriles is 1. The highest BCUT2D eigenvalue weighted by Crippen LogP contribution is 2.30. The molecular weight excluding hydrogens is 470 g/mol. The Morgan fingerprint density at radius 2 is 2.05 bits per heavy atom. The van der Waals surface area contributed by atoms with Gasteiger partial charge in [0.2, 0.25) is 5.88 Å². The lowest BCUT2D eigenvalue weighted by molar-refractivity contribution is 0.0312. The van der Waals surface area contributed by atoms with Crippen LogP contribution in [0.2, 0.25) is 0 Å². The third kappa shape index (κ3) is 5.60. The van der Waals surface area contributed by atoms with E-state index in [4.69, 9.17) is 4.74 Å². The Morgan fingerprint density at radius 3 is 2.76 bits per heavy atom. The first-order chi connectivity index (χ1) is 17.8. The van der Waals surface area contributed by atoms with Crippen LogP contribution in [-0.2, 0) is 0 Å². The Bertz CT molecular complexity index is 1320. The molecule has 1 N–H and O–H groups in total. The van der Waals surface area contributed by atoms with Crippen molar-refractivity contribution in [1.29, 1.82) is 5.26 Å². The summed E-state index contributed by atoms with van der Waals surface area (Å²) in [5, 5.41) is 19.1. The number of aromatic nitrogens is 2. The van der Waals surface area contributed by atoms with Crippen molar-refractivity contribution >= 4 is 11.8 Å². The van der Waals surface area contributed by atoms with Crippen LogP contribution in [0.15, 0.2) is 60.9 Å². The van der Waals surface area contributed by atoms with Gasteiger partial charge >= 0.3 is 0 Å². The first-order valence-electron chi connectivity index (χ1n) is 12.1. The van der Waals surface area contributed by atoms with Gasteiger partial charge in [-0.3, -0.25) is 14.6 Å². The average molecular weight is 500 g/mol. The topological polar surface area (TPSA) is 120 Å². The van der Waals surface area contributed by atoms with Crippen molar-refractivity contribution in [1.82, 2.24) is 19.8 Å². The van der Waals surface area contributed by atoms with E-state index in [1.54, 1.807) is 78.6 Å². The van der Waals surface area contributed by atoms with Gasteiger partial charge in [0.1, 0.15) is 17.4 Å². The van der Waals surface area contributed by atoms with Crippen LogP contribution in [-0.4, -0.2) is 75.6 Å². The van der Waals surface area contributed by atoms with E-state index in [2.05, 4.69) is 16.0 Å². The fourth-order valence-electron chi connectivity index (χ4n) is 4.28. The number of pyridine rings is 2. The number of amides is 2. The van der Waals surface area contributed by atoms with Crippen molar-refractivity contribution < 1.29 is 19.4 Å². The summed E-state index contributed by atoms with van der Waals surface area (Å²) < 4.78 is 6.29. The molecule has 3 aromatic rings. The number of carbonyl (C=O) groups excluding carboxylic acids is 2. The Labute approximate surface area is 216 Å². The van der Waals surface area contributed by atoms with Gasteiger partial charge in [-0.25, -0.2) is 4.98 Å². The molecule has 1 aliphatic rings. The predicted octanol–water partition coefficient (Wildman–Crippen LogP) is 3.01. The fraction of sp³-hybridized carbons (Fsp3) is 0.321. The molecule has 0 saturated heterocycles. The van der Waals surface area contributed by atoms with Gasteiger partial charge in [-0.1, -0.05) is 25.1 Å². The molecule has 1 aliphatic heterocycles. The van der Waals surface area contributed by atoms with E-state index in [0.717, 1.165) is 5.56 Å². The molecule has 9 nitrogen and oxygen atoms in total. The van der Waals surface area contributed by atoms with Crippen LogP contribution in [0.25, 0.3) is 11.1 Å². The fourth-order valence-corrected chi connectivity index (χ4v) is 4.28. The number of ether oxygens (including phenoxy) is 1. The third-order valence-electron chi connectivity index (χ3n) is 6.53. The predicted molar refractivity (Wildman–Crippen MR) is 137 cm³/mol.